The van der Waals surface area contributed by atoms with Crippen LogP contribution in [0.5, 0.6) is 0 Å². The van der Waals surface area contributed by atoms with Gasteiger partial charge >= 0.3 is 0 Å². The van der Waals surface area contributed by atoms with Gasteiger partial charge in [-0.2, -0.15) is 4.31 Å². The third-order valence-corrected chi connectivity index (χ3v) is 6.97. The molecule has 1 amide bonds. The average Bonchev–Trinajstić information content (AvgIpc) is 2.67. The maximum Gasteiger partial charge on any atom is 0.255 e. The highest BCUT2D eigenvalue weighted by molar-refractivity contribution is 7.89. The van der Waals surface area contributed by atoms with Crippen LogP contribution in [0.2, 0.25) is 0 Å². The fourth-order valence-electron chi connectivity index (χ4n) is 3.35. The van der Waals surface area contributed by atoms with Crippen molar-refractivity contribution >= 4 is 27.3 Å². The molecule has 28 heavy (non-hydrogen) atoms. The second-order valence-corrected chi connectivity index (χ2v) is 9.37. The molecule has 1 aliphatic rings. The van der Waals surface area contributed by atoms with Crippen LogP contribution in [0.3, 0.4) is 0 Å². The molecule has 0 saturated carbocycles. The fourth-order valence-corrected chi connectivity index (χ4v) is 4.83. The number of carbonyl (C=O) groups excluding carboxylic acids is 1. The van der Waals surface area contributed by atoms with Gasteiger partial charge in [0.25, 0.3) is 5.91 Å². The zero-order valence-corrected chi connectivity index (χ0v) is 17.4. The van der Waals surface area contributed by atoms with Gasteiger partial charge in [0.15, 0.2) is 0 Å². The van der Waals surface area contributed by atoms with E-state index in [1.54, 1.807) is 16.4 Å². The Balaban J connectivity index is 1.74. The van der Waals surface area contributed by atoms with Crippen LogP contribution >= 0.6 is 0 Å². The SMILES string of the molecule is CCCS(=O)(=O)N1CCc2ccc(NC(=O)c3ccc(N(C)C)cc3)cc2C1. The molecule has 3 rings (SSSR count). The molecule has 7 heteroatoms. The van der Waals surface area contributed by atoms with Crippen molar-refractivity contribution < 1.29 is 13.2 Å². The summed E-state index contributed by atoms with van der Waals surface area (Å²) in [4.78, 5) is 14.5. The Morgan fingerprint density at radius 3 is 2.46 bits per heavy atom. The van der Waals surface area contributed by atoms with Gasteiger partial charge in [0.1, 0.15) is 0 Å². The molecule has 150 valence electrons. The predicted octanol–water partition coefficient (Wildman–Crippen LogP) is 3.10. The average molecular weight is 402 g/mol. The summed E-state index contributed by atoms with van der Waals surface area (Å²) < 4.78 is 26.3. The molecule has 0 saturated heterocycles. The number of hydrogen-bond acceptors (Lipinski definition) is 4. The first-order valence-corrected chi connectivity index (χ1v) is 11.1. The summed E-state index contributed by atoms with van der Waals surface area (Å²) in [7, 11) is 0.677. The van der Waals surface area contributed by atoms with E-state index >= 15 is 0 Å². The van der Waals surface area contributed by atoms with Crippen LogP contribution in [0.15, 0.2) is 42.5 Å². The van der Waals surface area contributed by atoms with E-state index in [2.05, 4.69) is 5.32 Å². The molecule has 0 aliphatic carbocycles. The predicted molar refractivity (Wildman–Crippen MR) is 113 cm³/mol. The zero-order valence-electron chi connectivity index (χ0n) is 16.6. The molecule has 0 fully saturated rings. The van der Waals surface area contributed by atoms with Crippen LogP contribution in [0, 0.1) is 0 Å². The number of fused-ring (bicyclic) bond motifs is 1. The van der Waals surface area contributed by atoms with Gasteiger partial charge in [0, 0.05) is 44.1 Å². The molecular weight excluding hydrogens is 374 g/mol. The molecule has 0 unspecified atom stereocenters. The van der Waals surface area contributed by atoms with Gasteiger partial charge in [-0.25, -0.2) is 8.42 Å². The summed E-state index contributed by atoms with van der Waals surface area (Å²) in [6, 6.07) is 13.1. The highest BCUT2D eigenvalue weighted by atomic mass is 32.2. The lowest BCUT2D eigenvalue weighted by atomic mass is 10.0. The van der Waals surface area contributed by atoms with Crippen molar-refractivity contribution in [1.82, 2.24) is 4.31 Å². The molecule has 0 radical (unpaired) electrons. The largest absolute Gasteiger partial charge is 0.378 e. The zero-order chi connectivity index (χ0) is 20.3. The summed E-state index contributed by atoms with van der Waals surface area (Å²) >= 11 is 0. The van der Waals surface area contributed by atoms with Crippen molar-refractivity contribution in [1.29, 1.82) is 0 Å². The van der Waals surface area contributed by atoms with E-state index in [-0.39, 0.29) is 11.7 Å². The molecule has 1 N–H and O–H groups in total. The van der Waals surface area contributed by atoms with E-state index in [0.717, 1.165) is 16.8 Å². The van der Waals surface area contributed by atoms with Crippen LogP contribution in [0.4, 0.5) is 11.4 Å². The third kappa shape index (κ3) is 4.54. The summed E-state index contributed by atoms with van der Waals surface area (Å²) in [5.41, 5.74) is 4.37. The molecule has 0 bridgehead atoms. The second kappa shape index (κ2) is 8.32. The number of rotatable bonds is 6. The van der Waals surface area contributed by atoms with Gasteiger partial charge in [-0.15, -0.1) is 0 Å². The number of amides is 1. The minimum absolute atomic E-state index is 0.168. The van der Waals surface area contributed by atoms with E-state index in [9.17, 15) is 13.2 Å². The standard InChI is InChI=1S/C21H27N3O3S/c1-4-13-28(26,27)24-12-11-16-5-8-19(14-18(16)15-24)22-21(25)17-6-9-20(10-7-17)23(2)3/h5-10,14H,4,11-13,15H2,1-3H3,(H,22,25). The van der Waals surface area contributed by atoms with E-state index in [1.807, 2.05) is 56.3 Å². The lowest BCUT2D eigenvalue weighted by Crippen LogP contribution is -2.37. The van der Waals surface area contributed by atoms with Crippen LogP contribution in [-0.2, 0) is 23.0 Å². The van der Waals surface area contributed by atoms with Crippen LogP contribution < -0.4 is 10.2 Å². The van der Waals surface area contributed by atoms with Crippen molar-refractivity contribution in [2.45, 2.75) is 26.3 Å². The minimum atomic E-state index is -3.22. The maximum atomic E-state index is 12.5. The normalized spacial score (nSPS) is 14.4. The molecule has 0 spiro atoms. The Bertz CT molecular complexity index is 953. The fraction of sp³-hybridized carbons (Fsp3) is 0.381. The van der Waals surface area contributed by atoms with Crippen molar-refractivity contribution in [3.63, 3.8) is 0 Å². The van der Waals surface area contributed by atoms with Crippen LogP contribution in [-0.4, -0.2) is 45.0 Å². The van der Waals surface area contributed by atoms with Crippen LogP contribution in [0.1, 0.15) is 34.8 Å². The monoisotopic (exact) mass is 401 g/mol. The van der Waals surface area contributed by atoms with Crippen molar-refractivity contribution in [2.24, 2.45) is 0 Å². The van der Waals surface area contributed by atoms with Gasteiger partial charge in [-0.3, -0.25) is 4.79 Å². The Hall–Kier alpha value is -2.38. The van der Waals surface area contributed by atoms with E-state index in [0.29, 0.717) is 37.2 Å². The number of benzene rings is 2. The van der Waals surface area contributed by atoms with Gasteiger partial charge in [-0.05, 0) is 60.4 Å². The van der Waals surface area contributed by atoms with Gasteiger partial charge < -0.3 is 10.2 Å². The maximum absolute atomic E-state index is 12.5. The topological polar surface area (TPSA) is 69.7 Å². The quantitative estimate of drug-likeness (QED) is 0.808. The second-order valence-electron chi connectivity index (χ2n) is 7.28. The number of nitrogens with one attached hydrogen (secondary N) is 1. The van der Waals surface area contributed by atoms with Crippen molar-refractivity contribution in [2.75, 3.05) is 36.6 Å². The Morgan fingerprint density at radius 2 is 1.82 bits per heavy atom. The molecule has 1 aliphatic heterocycles. The molecule has 6 nitrogen and oxygen atoms in total. The van der Waals surface area contributed by atoms with Crippen LogP contribution in [0.25, 0.3) is 0 Å². The van der Waals surface area contributed by atoms with Gasteiger partial charge in [0.05, 0.1) is 5.75 Å². The van der Waals surface area contributed by atoms with E-state index in [4.69, 9.17) is 0 Å². The summed E-state index contributed by atoms with van der Waals surface area (Å²) in [5, 5.41) is 2.92. The third-order valence-electron chi connectivity index (χ3n) is 4.94. The number of nitrogens with zero attached hydrogens (tertiary/aromatic N) is 2. The van der Waals surface area contributed by atoms with Gasteiger partial charge in [-0.1, -0.05) is 13.0 Å². The first-order chi connectivity index (χ1) is 13.3. The van der Waals surface area contributed by atoms with Gasteiger partial charge in [0.2, 0.25) is 10.0 Å². The summed E-state index contributed by atoms with van der Waals surface area (Å²) in [6.07, 6.45) is 1.30. The van der Waals surface area contributed by atoms with Crippen molar-refractivity contribution in [3.05, 3.63) is 59.2 Å². The number of hydrogen-bond donors (Lipinski definition) is 1. The van der Waals surface area contributed by atoms with E-state index < -0.39 is 10.0 Å². The first kappa shape index (κ1) is 20.4. The molecule has 2 aromatic rings. The minimum Gasteiger partial charge on any atom is -0.378 e. The van der Waals surface area contributed by atoms with E-state index in [1.165, 1.54) is 0 Å². The highest BCUT2D eigenvalue weighted by Crippen LogP contribution is 2.25. The molecule has 1 heterocycles. The molecule has 2 aromatic carbocycles. The molecular formula is C21H27N3O3S. The number of carbonyl (C=O) groups is 1. The molecule has 0 aromatic heterocycles. The number of anilines is 2. The summed E-state index contributed by atoms with van der Waals surface area (Å²) in [5.74, 6) is -0.0154. The Kier molecular flexibility index (Phi) is 6.05. The lowest BCUT2D eigenvalue weighted by Gasteiger charge is -2.28. The first-order valence-electron chi connectivity index (χ1n) is 9.48. The number of sulfonamides is 1. The van der Waals surface area contributed by atoms with Crippen molar-refractivity contribution in [3.8, 4) is 0 Å². The Labute approximate surface area is 167 Å². The molecule has 0 atom stereocenters. The summed E-state index contributed by atoms with van der Waals surface area (Å²) in [6.45, 7) is 2.74. The Morgan fingerprint density at radius 1 is 1.11 bits per heavy atom. The highest BCUT2D eigenvalue weighted by Gasteiger charge is 2.26. The smallest absolute Gasteiger partial charge is 0.255 e. The lowest BCUT2D eigenvalue weighted by molar-refractivity contribution is 0.102.